The van der Waals surface area contributed by atoms with Crippen LogP contribution in [0.15, 0.2) is 24.3 Å². The number of aliphatic carboxylic acids is 1. The van der Waals surface area contributed by atoms with Gasteiger partial charge < -0.3 is 19.9 Å². The fraction of sp³-hybridized carbons (Fsp3) is 0.500. The maximum Gasteiger partial charge on any atom is 0.407 e. The van der Waals surface area contributed by atoms with Crippen molar-refractivity contribution in [1.29, 1.82) is 0 Å². The molecule has 6 heteroatoms. The second kappa shape index (κ2) is 7.68. The zero-order chi connectivity index (χ0) is 16.8. The zero-order valence-electron chi connectivity index (χ0n) is 13.4. The minimum Gasteiger partial charge on any atom is -0.496 e. The molecular formula is C16H23NO5. The highest BCUT2D eigenvalue weighted by molar-refractivity contribution is 5.73. The molecule has 2 N–H and O–H groups in total. The molecular weight excluding hydrogens is 286 g/mol. The molecule has 0 unspecified atom stereocenters. The standard InChI is InChI=1S/C16H23NO5/c1-16(2,3)22-15(20)17-10-12(14(18)19)9-11-7-5-6-8-13(11)21-4/h5-8,12H,9-10H2,1-4H3,(H,17,20)(H,18,19)/t12-/m0/s1. The number of nitrogens with one attached hydrogen (secondary N) is 1. The van der Waals surface area contributed by atoms with E-state index in [1.807, 2.05) is 18.2 Å². The van der Waals surface area contributed by atoms with E-state index in [2.05, 4.69) is 5.32 Å². The number of carbonyl (C=O) groups is 2. The predicted octanol–water partition coefficient (Wildman–Crippen LogP) is 2.46. The normalized spacial score (nSPS) is 12.4. The number of carboxylic acid groups (broad SMARTS) is 1. The van der Waals surface area contributed by atoms with Crippen LogP contribution in [0.4, 0.5) is 4.79 Å². The van der Waals surface area contributed by atoms with Gasteiger partial charge in [0.05, 0.1) is 13.0 Å². The third-order valence-electron chi connectivity index (χ3n) is 2.90. The van der Waals surface area contributed by atoms with Gasteiger partial charge in [0.1, 0.15) is 11.4 Å². The van der Waals surface area contributed by atoms with Crippen molar-refractivity contribution < 1.29 is 24.2 Å². The summed E-state index contributed by atoms with van der Waals surface area (Å²) in [6, 6.07) is 7.22. The van der Waals surface area contributed by atoms with Crippen molar-refractivity contribution in [3.05, 3.63) is 29.8 Å². The van der Waals surface area contributed by atoms with E-state index in [0.717, 1.165) is 5.56 Å². The van der Waals surface area contributed by atoms with Crippen LogP contribution in [-0.2, 0) is 16.0 Å². The number of amides is 1. The first-order valence-corrected chi connectivity index (χ1v) is 7.04. The van der Waals surface area contributed by atoms with Gasteiger partial charge in [-0.25, -0.2) is 4.79 Å². The van der Waals surface area contributed by atoms with Gasteiger partial charge in [-0.15, -0.1) is 0 Å². The second-order valence-electron chi connectivity index (χ2n) is 5.93. The van der Waals surface area contributed by atoms with E-state index in [0.29, 0.717) is 5.75 Å². The lowest BCUT2D eigenvalue weighted by Gasteiger charge is -2.21. The first-order chi connectivity index (χ1) is 10.2. The summed E-state index contributed by atoms with van der Waals surface area (Å²) in [6.07, 6.45) is -0.367. The maximum atomic E-state index is 11.6. The Morgan fingerprint density at radius 3 is 2.45 bits per heavy atom. The molecule has 0 saturated carbocycles. The van der Waals surface area contributed by atoms with Crippen LogP contribution in [0.5, 0.6) is 5.75 Å². The van der Waals surface area contributed by atoms with Crippen molar-refractivity contribution in [2.75, 3.05) is 13.7 Å². The van der Waals surface area contributed by atoms with Crippen LogP contribution >= 0.6 is 0 Å². The molecule has 0 aliphatic carbocycles. The molecule has 1 rings (SSSR count). The summed E-state index contributed by atoms with van der Waals surface area (Å²) >= 11 is 0. The van der Waals surface area contributed by atoms with Crippen molar-refractivity contribution in [3.8, 4) is 5.75 Å². The van der Waals surface area contributed by atoms with E-state index < -0.39 is 23.6 Å². The Kier molecular flexibility index (Phi) is 6.22. The second-order valence-corrected chi connectivity index (χ2v) is 5.93. The van der Waals surface area contributed by atoms with Crippen molar-refractivity contribution in [3.63, 3.8) is 0 Å². The van der Waals surface area contributed by atoms with Gasteiger partial charge in [0.15, 0.2) is 0 Å². The topological polar surface area (TPSA) is 84.9 Å². The van der Waals surface area contributed by atoms with Crippen molar-refractivity contribution >= 4 is 12.1 Å². The summed E-state index contributed by atoms with van der Waals surface area (Å²) in [5.74, 6) is -1.11. The van der Waals surface area contributed by atoms with E-state index in [1.165, 1.54) is 7.11 Å². The van der Waals surface area contributed by atoms with Crippen molar-refractivity contribution in [1.82, 2.24) is 5.32 Å². The molecule has 1 amide bonds. The molecule has 0 aliphatic heterocycles. The van der Waals surface area contributed by atoms with Gasteiger partial charge in [-0.2, -0.15) is 0 Å². The molecule has 0 radical (unpaired) electrons. The van der Waals surface area contributed by atoms with Crippen molar-refractivity contribution in [2.45, 2.75) is 32.8 Å². The van der Waals surface area contributed by atoms with Gasteiger partial charge in [0.2, 0.25) is 0 Å². The van der Waals surface area contributed by atoms with Gasteiger partial charge in [-0.3, -0.25) is 4.79 Å². The van der Waals surface area contributed by atoms with Gasteiger partial charge in [0, 0.05) is 6.54 Å². The summed E-state index contributed by atoms with van der Waals surface area (Å²) in [6.45, 7) is 5.23. The Bertz CT molecular complexity index is 522. The van der Waals surface area contributed by atoms with Crippen LogP contribution < -0.4 is 10.1 Å². The Morgan fingerprint density at radius 1 is 1.27 bits per heavy atom. The first kappa shape index (κ1) is 17.8. The fourth-order valence-electron chi connectivity index (χ4n) is 1.90. The smallest absolute Gasteiger partial charge is 0.407 e. The highest BCUT2D eigenvalue weighted by Crippen LogP contribution is 2.21. The van der Waals surface area contributed by atoms with Gasteiger partial charge in [-0.1, -0.05) is 18.2 Å². The predicted molar refractivity (Wildman–Crippen MR) is 82.1 cm³/mol. The molecule has 1 atom stereocenters. The SMILES string of the molecule is COc1ccccc1C[C@@H](CNC(=O)OC(C)(C)C)C(=O)O. The third kappa shape index (κ3) is 6.03. The summed E-state index contributed by atoms with van der Waals surface area (Å²) in [5.41, 5.74) is 0.161. The molecule has 0 bridgehead atoms. The fourth-order valence-corrected chi connectivity index (χ4v) is 1.90. The Hall–Kier alpha value is -2.24. The highest BCUT2D eigenvalue weighted by atomic mass is 16.6. The molecule has 0 saturated heterocycles. The minimum absolute atomic E-state index is 0.0116. The number of hydrogen-bond donors (Lipinski definition) is 2. The van der Waals surface area contributed by atoms with E-state index in [-0.39, 0.29) is 13.0 Å². The Balaban J connectivity index is 2.67. The largest absolute Gasteiger partial charge is 0.496 e. The molecule has 1 aromatic carbocycles. The number of methoxy groups -OCH3 is 1. The van der Waals surface area contributed by atoms with Crippen LogP contribution in [0, 0.1) is 5.92 Å². The van der Waals surface area contributed by atoms with E-state index >= 15 is 0 Å². The average molecular weight is 309 g/mol. The molecule has 0 fully saturated rings. The summed E-state index contributed by atoms with van der Waals surface area (Å²) < 4.78 is 10.3. The molecule has 0 aromatic heterocycles. The van der Waals surface area contributed by atoms with E-state index in [9.17, 15) is 14.7 Å². The number of carboxylic acids is 1. The number of ether oxygens (including phenoxy) is 2. The highest BCUT2D eigenvalue weighted by Gasteiger charge is 2.22. The molecule has 22 heavy (non-hydrogen) atoms. The van der Waals surface area contributed by atoms with Crippen LogP contribution in [0.25, 0.3) is 0 Å². The maximum absolute atomic E-state index is 11.6. The third-order valence-corrected chi connectivity index (χ3v) is 2.90. The minimum atomic E-state index is -0.984. The van der Waals surface area contributed by atoms with E-state index in [1.54, 1.807) is 26.8 Å². The Morgan fingerprint density at radius 2 is 1.91 bits per heavy atom. The summed E-state index contributed by atoms with van der Waals surface area (Å²) in [7, 11) is 1.54. The van der Waals surface area contributed by atoms with Gasteiger partial charge >= 0.3 is 12.1 Å². The van der Waals surface area contributed by atoms with Gasteiger partial charge in [-0.05, 0) is 38.8 Å². The molecule has 0 heterocycles. The van der Waals surface area contributed by atoms with Gasteiger partial charge in [0.25, 0.3) is 0 Å². The number of benzene rings is 1. The molecule has 0 aliphatic rings. The number of para-hydroxylation sites is 1. The van der Waals surface area contributed by atoms with Crippen LogP contribution in [0.2, 0.25) is 0 Å². The van der Waals surface area contributed by atoms with Crippen LogP contribution in [0.1, 0.15) is 26.3 Å². The Labute approximate surface area is 130 Å². The lowest BCUT2D eigenvalue weighted by atomic mass is 9.98. The van der Waals surface area contributed by atoms with Crippen molar-refractivity contribution in [2.24, 2.45) is 5.92 Å². The lowest BCUT2D eigenvalue weighted by molar-refractivity contribution is -0.141. The molecule has 122 valence electrons. The molecule has 0 spiro atoms. The number of alkyl carbamates (subject to hydrolysis) is 1. The number of carbonyl (C=O) groups excluding carboxylic acids is 1. The van der Waals surface area contributed by atoms with E-state index in [4.69, 9.17) is 9.47 Å². The molecule has 6 nitrogen and oxygen atoms in total. The number of rotatable bonds is 6. The lowest BCUT2D eigenvalue weighted by Crippen LogP contribution is -2.37. The summed E-state index contributed by atoms with van der Waals surface area (Å²) in [4.78, 5) is 23.0. The summed E-state index contributed by atoms with van der Waals surface area (Å²) in [5, 5.41) is 11.8. The zero-order valence-corrected chi connectivity index (χ0v) is 13.4. The monoisotopic (exact) mass is 309 g/mol. The average Bonchev–Trinajstić information content (AvgIpc) is 2.41. The van der Waals surface area contributed by atoms with Crippen LogP contribution in [-0.4, -0.2) is 36.4 Å². The van der Waals surface area contributed by atoms with Crippen LogP contribution in [0.3, 0.4) is 0 Å². The quantitative estimate of drug-likeness (QED) is 0.843. The molecule has 1 aromatic rings. The first-order valence-electron chi connectivity index (χ1n) is 7.04. The number of hydrogen-bond acceptors (Lipinski definition) is 4.